The second-order valence-corrected chi connectivity index (χ2v) is 5.80. The number of hydrogen-bond donors (Lipinski definition) is 1. The lowest BCUT2D eigenvalue weighted by atomic mass is 9.93. The van der Waals surface area contributed by atoms with Gasteiger partial charge in [0.05, 0.1) is 5.52 Å². The van der Waals surface area contributed by atoms with Crippen LogP contribution >= 0.6 is 0 Å². The molecule has 1 aliphatic rings. The monoisotopic (exact) mass is 284 g/mol. The van der Waals surface area contributed by atoms with E-state index in [0.29, 0.717) is 12.3 Å². The van der Waals surface area contributed by atoms with Crippen LogP contribution in [0.3, 0.4) is 0 Å². The van der Waals surface area contributed by atoms with Crippen molar-refractivity contribution < 1.29 is 9.90 Å². The molecule has 0 saturated carbocycles. The summed E-state index contributed by atoms with van der Waals surface area (Å²) >= 11 is 0. The van der Waals surface area contributed by atoms with Crippen LogP contribution in [0.4, 0.5) is 0 Å². The number of carboxylic acids is 1. The number of aliphatic carboxylic acids is 1. The second kappa shape index (κ2) is 6.22. The maximum absolute atomic E-state index is 10.8. The SMILES string of the molecule is O=C(O)CC1CCN(Cc2ccnc3ccccc23)CC1. The Balaban J connectivity index is 1.66. The average Bonchev–Trinajstić information content (AvgIpc) is 2.49. The Hall–Kier alpha value is -1.94. The molecule has 3 rings (SSSR count). The first-order valence-electron chi connectivity index (χ1n) is 7.49. The third-order valence-corrected chi connectivity index (χ3v) is 4.30. The highest BCUT2D eigenvalue weighted by atomic mass is 16.4. The lowest BCUT2D eigenvalue weighted by Crippen LogP contribution is -2.34. The highest BCUT2D eigenvalue weighted by Gasteiger charge is 2.21. The fourth-order valence-electron chi connectivity index (χ4n) is 3.13. The molecule has 0 aliphatic carbocycles. The molecule has 1 saturated heterocycles. The van der Waals surface area contributed by atoms with Gasteiger partial charge in [0.2, 0.25) is 0 Å². The first-order valence-corrected chi connectivity index (χ1v) is 7.49. The minimum Gasteiger partial charge on any atom is -0.481 e. The summed E-state index contributed by atoms with van der Waals surface area (Å²) in [5, 5.41) is 10.1. The lowest BCUT2D eigenvalue weighted by Gasteiger charge is -2.31. The van der Waals surface area contributed by atoms with Crippen LogP contribution in [0.2, 0.25) is 0 Å². The van der Waals surface area contributed by atoms with E-state index >= 15 is 0 Å². The quantitative estimate of drug-likeness (QED) is 0.938. The Labute approximate surface area is 124 Å². The van der Waals surface area contributed by atoms with Crippen LogP contribution in [0.15, 0.2) is 36.5 Å². The molecule has 0 unspecified atom stereocenters. The Morgan fingerprint density at radius 2 is 2.00 bits per heavy atom. The summed E-state index contributed by atoms with van der Waals surface area (Å²) < 4.78 is 0. The summed E-state index contributed by atoms with van der Waals surface area (Å²) in [4.78, 5) is 17.6. The molecule has 0 atom stereocenters. The molecular weight excluding hydrogens is 264 g/mol. The summed E-state index contributed by atoms with van der Waals surface area (Å²) in [5.74, 6) is -0.332. The van der Waals surface area contributed by atoms with Gasteiger partial charge >= 0.3 is 5.97 Å². The topological polar surface area (TPSA) is 53.4 Å². The van der Waals surface area contributed by atoms with Crippen molar-refractivity contribution >= 4 is 16.9 Å². The molecular formula is C17H20N2O2. The third-order valence-electron chi connectivity index (χ3n) is 4.30. The number of aromatic nitrogens is 1. The van der Waals surface area contributed by atoms with Crippen LogP contribution in [0.5, 0.6) is 0 Å². The highest BCUT2D eigenvalue weighted by Crippen LogP contribution is 2.24. The second-order valence-electron chi connectivity index (χ2n) is 5.80. The molecule has 1 aromatic heterocycles. The van der Waals surface area contributed by atoms with E-state index in [9.17, 15) is 4.79 Å². The van der Waals surface area contributed by atoms with Gasteiger partial charge in [0.1, 0.15) is 0 Å². The van der Waals surface area contributed by atoms with Gasteiger partial charge in [0, 0.05) is 24.5 Å². The van der Waals surface area contributed by atoms with E-state index < -0.39 is 5.97 Å². The maximum atomic E-state index is 10.8. The minimum absolute atomic E-state index is 0.312. The first-order chi connectivity index (χ1) is 10.2. The van der Waals surface area contributed by atoms with Crippen LogP contribution in [0.1, 0.15) is 24.8 Å². The highest BCUT2D eigenvalue weighted by molar-refractivity contribution is 5.81. The summed E-state index contributed by atoms with van der Waals surface area (Å²) in [6.07, 6.45) is 4.14. The summed E-state index contributed by atoms with van der Waals surface area (Å²) in [6, 6.07) is 10.3. The molecule has 1 N–H and O–H groups in total. The molecule has 1 aromatic carbocycles. The molecule has 4 nitrogen and oxygen atoms in total. The van der Waals surface area contributed by atoms with Crippen LogP contribution in [0.25, 0.3) is 10.9 Å². The van der Waals surface area contributed by atoms with E-state index in [4.69, 9.17) is 5.11 Å². The Morgan fingerprint density at radius 1 is 1.24 bits per heavy atom. The predicted octanol–water partition coefficient (Wildman–Crippen LogP) is 2.92. The Morgan fingerprint density at radius 3 is 2.76 bits per heavy atom. The number of carbonyl (C=O) groups is 1. The van der Waals surface area contributed by atoms with Crippen LogP contribution in [-0.2, 0) is 11.3 Å². The van der Waals surface area contributed by atoms with E-state index in [1.807, 2.05) is 24.4 Å². The number of fused-ring (bicyclic) bond motifs is 1. The van der Waals surface area contributed by atoms with Gasteiger partial charge in [-0.05, 0) is 49.5 Å². The van der Waals surface area contributed by atoms with Crippen LogP contribution < -0.4 is 0 Å². The smallest absolute Gasteiger partial charge is 0.303 e. The fraction of sp³-hybridized carbons (Fsp3) is 0.412. The maximum Gasteiger partial charge on any atom is 0.303 e. The molecule has 110 valence electrons. The van der Waals surface area contributed by atoms with E-state index in [2.05, 4.69) is 22.0 Å². The number of para-hydroxylation sites is 1. The zero-order valence-electron chi connectivity index (χ0n) is 12.0. The number of nitrogens with zero attached hydrogens (tertiary/aromatic N) is 2. The summed E-state index contributed by atoms with van der Waals surface area (Å²) in [5.41, 5.74) is 2.34. The van der Waals surface area contributed by atoms with Crippen molar-refractivity contribution in [1.82, 2.24) is 9.88 Å². The first kappa shape index (κ1) is 14.0. The number of rotatable bonds is 4. The molecule has 2 heterocycles. The molecule has 4 heteroatoms. The van der Waals surface area contributed by atoms with E-state index in [1.165, 1.54) is 10.9 Å². The third kappa shape index (κ3) is 3.39. The minimum atomic E-state index is -0.673. The standard InChI is InChI=1S/C17H20N2O2/c20-17(21)11-13-6-9-19(10-7-13)12-14-5-8-18-16-4-2-1-3-15(14)16/h1-5,8,13H,6-7,9-12H2,(H,20,21). The number of likely N-dealkylation sites (tertiary alicyclic amines) is 1. The van der Waals surface area contributed by atoms with E-state index in [1.54, 1.807) is 0 Å². The summed E-state index contributed by atoms with van der Waals surface area (Å²) in [6.45, 7) is 2.88. The largest absolute Gasteiger partial charge is 0.481 e. The van der Waals surface area contributed by atoms with Gasteiger partial charge in [-0.1, -0.05) is 18.2 Å². The zero-order valence-corrected chi connectivity index (χ0v) is 12.0. The van der Waals surface area contributed by atoms with Gasteiger partial charge < -0.3 is 5.11 Å². The molecule has 21 heavy (non-hydrogen) atoms. The number of pyridine rings is 1. The van der Waals surface area contributed by atoms with E-state index in [-0.39, 0.29) is 0 Å². The molecule has 1 aliphatic heterocycles. The van der Waals surface area contributed by atoms with E-state index in [0.717, 1.165) is 38.0 Å². The average molecular weight is 284 g/mol. The Bertz CT molecular complexity index is 628. The van der Waals surface area contributed by atoms with Gasteiger partial charge in [0.25, 0.3) is 0 Å². The van der Waals surface area contributed by atoms with Gasteiger partial charge in [-0.25, -0.2) is 0 Å². The zero-order chi connectivity index (χ0) is 14.7. The molecule has 0 spiro atoms. The van der Waals surface area contributed by atoms with Crippen molar-refractivity contribution in [3.8, 4) is 0 Å². The number of carboxylic acid groups (broad SMARTS) is 1. The molecule has 0 bridgehead atoms. The van der Waals surface area contributed by atoms with Crippen molar-refractivity contribution in [2.24, 2.45) is 5.92 Å². The fourth-order valence-corrected chi connectivity index (χ4v) is 3.13. The summed E-state index contributed by atoms with van der Waals surface area (Å²) in [7, 11) is 0. The van der Waals surface area contributed by atoms with Gasteiger partial charge in [-0.15, -0.1) is 0 Å². The van der Waals surface area contributed by atoms with Crippen molar-refractivity contribution in [1.29, 1.82) is 0 Å². The Kier molecular flexibility index (Phi) is 4.15. The van der Waals surface area contributed by atoms with Gasteiger partial charge in [-0.3, -0.25) is 14.7 Å². The molecule has 1 fully saturated rings. The van der Waals surface area contributed by atoms with Crippen LogP contribution in [0, 0.1) is 5.92 Å². The van der Waals surface area contributed by atoms with Crippen molar-refractivity contribution in [2.75, 3.05) is 13.1 Å². The lowest BCUT2D eigenvalue weighted by molar-refractivity contribution is -0.138. The molecule has 2 aromatic rings. The van der Waals surface area contributed by atoms with Crippen molar-refractivity contribution in [2.45, 2.75) is 25.8 Å². The van der Waals surface area contributed by atoms with Crippen molar-refractivity contribution in [3.63, 3.8) is 0 Å². The number of piperidine rings is 1. The number of hydrogen-bond acceptors (Lipinski definition) is 3. The molecule has 0 radical (unpaired) electrons. The van der Waals surface area contributed by atoms with Crippen molar-refractivity contribution in [3.05, 3.63) is 42.1 Å². The molecule has 0 amide bonds. The predicted molar refractivity (Wildman–Crippen MR) is 82.0 cm³/mol. The normalized spacial score (nSPS) is 17.1. The van der Waals surface area contributed by atoms with Gasteiger partial charge in [-0.2, -0.15) is 0 Å². The van der Waals surface area contributed by atoms with Gasteiger partial charge in [0.15, 0.2) is 0 Å². The van der Waals surface area contributed by atoms with Crippen LogP contribution in [-0.4, -0.2) is 34.0 Å². The number of benzene rings is 1.